The first kappa shape index (κ1) is 89.8. The standard InChI is InChI=1S/2C5H6N2.C5H9NO.C5H9NS.C5H9N.4C4H5N3.3C4H7NO.C4H7NS.C3H4N4.2C2H6/c2*1-5-4-6-2-3-7-5;2*1-5-6-3-2-4-7-5;1-5-3-2-4-6-5;1-4-6-2-5-3-7-4;1-4-2-6-7-3-5-4;1-4-2-5-3-6-7-4;1-4-5-2-3-6-7-4;1-4-5-2-3-6-4;2*1-4-2-3-6-5-4;1-4-5-2-3-6-4;1-3-6-4-2-5-7-3;2*1-2/h2*2-4H,1H3;2*2-4H2,1H3;2-4H2,1H3;4*2-3H,1H3;4*2-3H2,1H3;2H,1H3;2*1-2H3. The molecule has 14 rings (SSSR count). The van der Waals surface area contributed by atoms with Crippen molar-refractivity contribution in [3.8, 4) is 0 Å². The van der Waals surface area contributed by atoms with E-state index in [2.05, 4.69) is 167 Å². The second-order valence-corrected chi connectivity index (χ2v) is 21.5. The van der Waals surface area contributed by atoms with Crippen molar-refractivity contribution in [1.29, 1.82) is 0 Å². The molecule has 0 saturated heterocycles. The molecule has 7 aromatic heterocycles. The predicted octanol–water partition coefficient (Wildman–Crippen LogP) is 10.7. The smallest absolute Gasteiger partial charge is 0.180 e. The van der Waals surface area contributed by atoms with Crippen LogP contribution in [-0.4, -0.2) is 211 Å². The number of thioether (sulfide) groups is 2. The average Bonchev–Trinajstić information content (AvgIpc) is 4.64. The minimum Gasteiger partial charge on any atom is -0.481 e. The van der Waals surface area contributed by atoms with Gasteiger partial charge in [0.15, 0.2) is 23.9 Å². The Hall–Kier alpha value is -9.27. The topological polar surface area (TPSA) is 381 Å². The molecule has 7 aliphatic rings. The van der Waals surface area contributed by atoms with Crippen molar-refractivity contribution >= 4 is 62.5 Å². The third-order valence-corrected chi connectivity index (χ3v) is 12.3. The van der Waals surface area contributed by atoms with Gasteiger partial charge in [-0.25, -0.2) is 29.9 Å². The first-order valence-corrected chi connectivity index (χ1v) is 33.6. The van der Waals surface area contributed by atoms with Crippen LogP contribution in [0.5, 0.6) is 0 Å². The summed E-state index contributed by atoms with van der Waals surface area (Å²) in [7, 11) is 0. The lowest BCUT2D eigenvalue weighted by Crippen LogP contribution is -2.09. The average molecular weight is 1380 g/mol. The largest absolute Gasteiger partial charge is 0.481 e. The maximum Gasteiger partial charge on any atom is 0.180 e. The molecule has 0 aromatic carbocycles. The van der Waals surface area contributed by atoms with Crippen molar-refractivity contribution in [2.24, 2.45) is 35.3 Å². The molecule has 0 saturated carbocycles. The van der Waals surface area contributed by atoms with Crippen LogP contribution in [0.25, 0.3) is 0 Å². The van der Waals surface area contributed by atoms with Gasteiger partial charge in [-0.3, -0.25) is 44.9 Å². The summed E-state index contributed by atoms with van der Waals surface area (Å²) in [6.45, 7) is 43.0. The van der Waals surface area contributed by atoms with Gasteiger partial charge in [0.25, 0.3) is 0 Å². The Morgan fingerprint density at radius 3 is 1.05 bits per heavy atom. The number of oxime groups is 2. The van der Waals surface area contributed by atoms with E-state index in [0.29, 0.717) is 11.6 Å². The first-order valence-electron chi connectivity index (χ1n) is 31.7. The van der Waals surface area contributed by atoms with Crippen LogP contribution in [0.3, 0.4) is 0 Å². The molecule has 0 atom stereocenters. The summed E-state index contributed by atoms with van der Waals surface area (Å²) < 4.78 is 9.93. The number of aryl methyl sites for hydroxylation is 7. The molecule has 0 N–H and O–H groups in total. The Bertz CT molecular complexity index is 2600. The quantitative estimate of drug-likeness (QED) is 0.136. The van der Waals surface area contributed by atoms with Crippen molar-refractivity contribution in [3.63, 3.8) is 0 Å². The molecule has 0 bridgehead atoms. The predicted molar refractivity (Wildman–Crippen MR) is 389 cm³/mol. The van der Waals surface area contributed by atoms with E-state index in [1.165, 1.54) is 78.2 Å². The maximum atomic E-state index is 5.03. The molecule has 530 valence electrons. The van der Waals surface area contributed by atoms with Crippen molar-refractivity contribution in [2.75, 3.05) is 70.7 Å². The van der Waals surface area contributed by atoms with Crippen LogP contribution in [-0.2, 0) is 19.1 Å². The third kappa shape index (κ3) is 65.2. The highest BCUT2D eigenvalue weighted by atomic mass is 32.2. The van der Waals surface area contributed by atoms with Crippen LogP contribution in [0.15, 0.2) is 129 Å². The molecule has 0 amide bonds. The summed E-state index contributed by atoms with van der Waals surface area (Å²) in [5.41, 5.74) is 7.21. The highest BCUT2D eigenvalue weighted by Crippen LogP contribution is 2.11. The van der Waals surface area contributed by atoms with Gasteiger partial charge >= 0.3 is 0 Å². The van der Waals surface area contributed by atoms with Crippen LogP contribution < -0.4 is 0 Å². The van der Waals surface area contributed by atoms with Crippen LogP contribution in [0, 0.1) is 48.5 Å². The van der Waals surface area contributed by atoms with Crippen LogP contribution in [0.4, 0.5) is 0 Å². The highest BCUT2D eigenvalue weighted by molar-refractivity contribution is 8.14. The number of hydrogen-bond acceptors (Lipinski definition) is 33. The van der Waals surface area contributed by atoms with Gasteiger partial charge < -0.3 is 19.1 Å². The molecule has 33 heteroatoms. The lowest BCUT2D eigenvalue weighted by molar-refractivity contribution is 0.173. The summed E-state index contributed by atoms with van der Waals surface area (Å²) in [6, 6.07) is 0. The van der Waals surface area contributed by atoms with E-state index < -0.39 is 0 Å². The summed E-state index contributed by atoms with van der Waals surface area (Å²) in [4.78, 5) is 67.7. The SMILES string of the molecule is CC.CC.CC1=NCCC1.CC1=NCCCO1.CC1=NCCCS1.CC1=NCCO1.CC1=NCCS1.CC1=NOCC1.CC1=NOCC1.Cc1cnccn1.Cc1cnccn1.Cc1cncnn1.Cc1cnncn1.Cc1nccnn1.Cc1ncncn1.Cc1nncnn1. The van der Waals surface area contributed by atoms with Crippen LogP contribution >= 0.6 is 23.5 Å². The van der Waals surface area contributed by atoms with Crippen molar-refractivity contribution < 1.29 is 19.1 Å². The molecule has 0 unspecified atom stereocenters. The lowest BCUT2D eigenvalue weighted by atomic mass is 10.3. The molecule has 0 fully saturated rings. The van der Waals surface area contributed by atoms with Gasteiger partial charge in [0.2, 0.25) is 0 Å². The second kappa shape index (κ2) is 66.7. The Labute approximate surface area is 582 Å². The molecule has 14 heterocycles. The molecule has 7 aliphatic heterocycles. The van der Waals surface area contributed by atoms with Crippen molar-refractivity contribution in [3.05, 3.63) is 134 Å². The number of ether oxygens (including phenoxy) is 2. The maximum absolute atomic E-state index is 5.03. The Morgan fingerprint density at radius 2 is 0.845 bits per heavy atom. The highest BCUT2D eigenvalue weighted by Gasteiger charge is 2.01. The van der Waals surface area contributed by atoms with Gasteiger partial charge in [-0.1, -0.05) is 38.0 Å². The van der Waals surface area contributed by atoms with Crippen molar-refractivity contribution in [1.82, 2.24) is 101 Å². The van der Waals surface area contributed by atoms with E-state index in [4.69, 9.17) is 9.47 Å². The normalized spacial score (nSPS) is 13.9. The number of hydrogen-bond donors (Lipinski definition) is 0. The van der Waals surface area contributed by atoms with E-state index in [9.17, 15) is 0 Å². The van der Waals surface area contributed by atoms with Gasteiger partial charge in [-0.05, 0) is 102 Å². The lowest BCUT2D eigenvalue weighted by Gasteiger charge is -2.08. The summed E-state index contributed by atoms with van der Waals surface area (Å²) in [6.07, 6.45) is 30.5. The number of rotatable bonds is 0. The zero-order valence-electron chi connectivity index (χ0n) is 60.2. The van der Waals surface area contributed by atoms with E-state index >= 15 is 0 Å². The van der Waals surface area contributed by atoms with Crippen molar-refractivity contribution in [2.45, 2.75) is 163 Å². The Morgan fingerprint density at radius 1 is 0.320 bits per heavy atom. The van der Waals surface area contributed by atoms with E-state index in [1.807, 2.05) is 114 Å². The molecular formula is C64H103N27O4S2. The van der Waals surface area contributed by atoms with Gasteiger partial charge in [-0.2, -0.15) is 15.3 Å². The summed E-state index contributed by atoms with van der Waals surface area (Å²) in [5, 5.41) is 45.3. The molecular weight excluding hydrogens is 1280 g/mol. The van der Waals surface area contributed by atoms with E-state index in [-0.39, 0.29) is 0 Å². The molecule has 0 radical (unpaired) electrons. The summed E-state index contributed by atoms with van der Waals surface area (Å²) in [5.74, 6) is 6.21. The Balaban J connectivity index is 0. The Kier molecular flexibility index (Phi) is 61.8. The molecule has 7 aromatic rings. The fraction of sp³-hybridized carbons (Fsp3) is 0.547. The molecule has 31 nitrogen and oxygen atoms in total. The fourth-order valence-electron chi connectivity index (χ4n) is 5.72. The van der Waals surface area contributed by atoms with E-state index in [0.717, 1.165) is 130 Å². The number of aromatic nitrogens is 20. The number of aliphatic imine (C=N–C) groups is 5. The summed E-state index contributed by atoms with van der Waals surface area (Å²) >= 11 is 3.72. The molecule has 0 spiro atoms. The first-order chi connectivity index (χ1) is 47.0. The third-order valence-electron chi connectivity index (χ3n) is 10.3. The minimum absolute atomic E-state index is 0.600. The minimum atomic E-state index is 0.600. The zero-order chi connectivity index (χ0) is 72.0. The molecule has 97 heavy (non-hydrogen) atoms. The second-order valence-electron chi connectivity index (χ2n) is 18.9. The molecule has 0 aliphatic carbocycles. The zero-order valence-corrected chi connectivity index (χ0v) is 61.8. The van der Waals surface area contributed by atoms with Crippen LogP contribution in [0.1, 0.15) is 155 Å². The van der Waals surface area contributed by atoms with Gasteiger partial charge in [0, 0.05) is 120 Å². The fourth-order valence-corrected chi connectivity index (χ4v) is 7.13. The van der Waals surface area contributed by atoms with E-state index in [1.54, 1.807) is 75.8 Å². The monoisotopic (exact) mass is 1380 g/mol. The van der Waals surface area contributed by atoms with Gasteiger partial charge in [-0.15, -0.1) is 59.2 Å². The number of nitrogens with zero attached hydrogens (tertiary/aromatic N) is 27. The van der Waals surface area contributed by atoms with Crippen LogP contribution in [0.2, 0.25) is 0 Å². The van der Waals surface area contributed by atoms with Gasteiger partial charge in [0.1, 0.15) is 56.8 Å². The van der Waals surface area contributed by atoms with Gasteiger partial charge in [0.05, 0.1) is 76.0 Å².